The molecule has 8 nitrogen and oxygen atoms in total. The Morgan fingerprint density at radius 2 is 1.75 bits per heavy atom. The van der Waals surface area contributed by atoms with Gasteiger partial charge in [0, 0.05) is 6.07 Å². The van der Waals surface area contributed by atoms with Crippen molar-refractivity contribution in [3.8, 4) is 11.8 Å². The van der Waals surface area contributed by atoms with Crippen molar-refractivity contribution in [1.29, 1.82) is 5.26 Å². The molecule has 0 aliphatic heterocycles. The first-order valence-corrected chi connectivity index (χ1v) is 9.58. The second kappa shape index (κ2) is 7.96. The predicted molar refractivity (Wildman–Crippen MR) is 92.0 cm³/mol. The molecule has 0 aliphatic carbocycles. The monoisotopic (exact) mass is 475 g/mol. The molecule has 2 aromatic carbocycles. The molecule has 0 saturated heterocycles. The summed E-state index contributed by atoms with van der Waals surface area (Å²) in [5.41, 5.74) is -4.55. The van der Waals surface area contributed by atoms with Crippen molar-refractivity contribution < 1.29 is 39.6 Å². The van der Waals surface area contributed by atoms with Gasteiger partial charge >= 0.3 is 6.18 Å². The van der Waals surface area contributed by atoms with Gasteiger partial charge in [0.25, 0.3) is 15.9 Å². The zero-order chi connectivity index (χ0) is 23.8. The topological polar surface area (TPSA) is 118 Å². The van der Waals surface area contributed by atoms with E-state index in [0.29, 0.717) is 18.2 Å². The Morgan fingerprint density at radius 3 is 2.31 bits per heavy atom. The first-order valence-electron chi connectivity index (χ1n) is 8.10. The summed E-state index contributed by atoms with van der Waals surface area (Å²) in [6.07, 6.45) is -5.37. The minimum atomic E-state index is -5.37. The van der Waals surface area contributed by atoms with Crippen LogP contribution in [-0.2, 0) is 16.2 Å². The van der Waals surface area contributed by atoms with Gasteiger partial charge in [-0.05, 0) is 30.3 Å². The number of amides is 1. The van der Waals surface area contributed by atoms with Crippen molar-refractivity contribution >= 4 is 15.9 Å². The molecule has 0 spiro atoms. The van der Waals surface area contributed by atoms with Crippen LogP contribution in [0.4, 0.5) is 26.3 Å². The highest BCUT2D eigenvalue weighted by molar-refractivity contribution is 7.90. The highest BCUT2D eigenvalue weighted by Crippen LogP contribution is 2.33. The minimum absolute atomic E-state index is 0.101. The van der Waals surface area contributed by atoms with E-state index in [0.717, 1.165) is 12.1 Å². The van der Waals surface area contributed by atoms with Gasteiger partial charge in [0.15, 0.2) is 11.4 Å². The summed E-state index contributed by atoms with van der Waals surface area (Å²) < 4.78 is 107. The molecule has 0 fully saturated rings. The maximum atomic E-state index is 14.2. The van der Waals surface area contributed by atoms with Gasteiger partial charge < -0.3 is 0 Å². The molecule has 3 aromatic rings. The number of alkyl halides is 3. The molecule has 0 atom stereocenters. The molecule has 32 heavy (non-hydrogen) atoms. The van der Waals surface area contributed by atoms with Gasteiger partial charge in [-0.3, -0.25) is 4.79 Å². The maximum absolute atomic E-state index is 14.2. The number of nitriles is 1. The molecule has 0 saturated carbocycles. The number of nitrogens with one attached hydrogen (secondary N) is 1. The summed E-state index contributed by atoms with van der Waals surface area (Å²) in [6.45, 7) is 0. The SMILES string of the molecule is N#Cc1ccc(-n2nnc(C(=O)NS(=O)(=O)c3ccc(F)cc3F)c2C(F)(F)F)c(F)c1. The second-order valence-corrected chi connectivity index (χ2v) is 7.63. The van der Waals surface area contributed by atoms with E-state index in [2.05, 4.69) is 10.3 Å². The van der Waals surface area contributed by atoms with Crippen LogP contribution in [0, 0.1) is 28.8 Å². The fraction of sp³-hybridized carbons (Fsp3) is 0.0588. The van der Waals surface area contributed by atoms with E-state index >= 15 is 0 Å². The number of rotatable bonds is 4. The molecule has 1 aromatic heterocycles. The Morgan fingerprint density at radius 1 is 1.06 bits per heavy atom. The molecule has 0 unspecified atom stereocenters. The molecule has 0 radical (unpaired) electrons. The van der Waals surface area contributed by atoms with E-state index in [9.17, 15) is 39.6 Å². The van der Waals surface area contributed by atoms with Gasteiger partial charge in [-0.2, -0.15) is 18.4 Å². The van der Waals surface area contributed by atoms with Crippen molar-refractivity contribution in [2.45, 2.75) is 11.1 Å². The van der Waals surface area contributed by atoms with E-state index < -0.39 is 61.5 Å². The fourth-order valence-corrected chi connectivity index (χ4v) is 3.54. The lowest BCUT2D eigenvalue weighted by molar-refractivity contribution is -0.143. The Labute approximate surface area is 174 Å². The van der Waals surface area contributed by atoms with Crippen molar-refractivity contribution in [2.24, 2.45) is 0 Å². The lowest BCUT2D eigenvalue weighted by atomic mass is 10.2. The normalized spacial score (nSPS) is 11.8. The summed E-state index contributed by atoms with van der Waals surface area (Å²) >= 11 is 0. The molecule has 166 valence electrons. The largest absolute Gasteiger partial charge is 0.435 e. The van der Waals surface area contributed by atoms with Crippen molar-refractivity contribution in [3.05, 3.63) is 70.8 Å². The Balaban J connectivity index is 2.07. The average molecular weight is 475 g/mol. The van der Waals surface area contributed by atoms with Crippen LogP contribution in [0.3, 0.4) is 0 Å². The Hall–Kier alpha value is -3.93. The number of hydrogen-bond donors (Lipinski definition) is 1. The van der Waals surface area contributed by atoms with Crippen molar-refractivity contribution in [2.75, 3.05) is 0 Å². The third-order valence-corrected chi connectivity index (χ3v) is 5.23. The zero-order valence-corrected chi connectivity index (χ0v) is 16.0. The molecule has 0 aliphatic rings. The van der Waals surface area contributed by atoms with E-state index in [1.54, 1.807) is 6.07 Å². The summed E-state index contributed by atoms with van der Waals surface area (Å²) in [6, 6.07) is 5.11. The number of hydrogen-bond acceptors (Lipinski definition) is 6. The van der Waals surface area contributed by atoms with E-state index in [-0.39, 0.29) is 16.3 Å². The fourth-order valence-electron chi connectivity index (χ4n) is 2.52. The third-order valence-electron chi connectivity index (χ3n) is 3.87. The number of benzene rings is 2. The smallest absolute Gasteiger partial charge is 0.266 e. The summed E-state index contributed by atoms with van der Waals surface area (Å²) in [7, 11) is -5.09. The molecule has 1 N–H and O–H groups in total. The number of carbonyl (C=O) groups excluding carboxylic acids is 1. The second-order valence-electron chi connectivity index (χ2n) is 5.98. The van der Waals surface area contributed by atoms with E-state index in [1.165, 1.54) is 4.72 Å². The van der Waals surface area contributed by atoms with Crippen molar-refractivity contribution in [1.82, 2.24) is 19.7 Å². The summed E-state index contributed by atoms with van der Waals surface area (Å²) in [4.78, 5) is 11.1. The third kappa shape index (κ3) is 4.25. The molecule has 15 heteroatoms. The predicted octanol–water partition coefficient (Wildman–Crippen LogP) is 2.69. The first kappa shape index (κ1) is 22.7. The molecule has 0 bridgehead atoms. The number of halogens is 6. The quantitative estimate of drug-likeness (QED) is 0.580. The van der Waals surface area contributed by atoms with Crippen LogP contribution < -0.4 is 4.72 Å². The van der Waals surface area contributed by atoms with Gasteiger partial charge in [-0.15, -0.1) is 5.10 Å². The van der Waals surface area contributed by atoms with Gasteiger partial charge in [0.2, 0.25) is 0 Å². The molecular formula is C17H7F6N5O3S. The molecular weight excluding hydrogens is 468 g/mol. The molecule has 3 rings (SSSR count). The Bertz CT molecular complexity index is 1380. The van der Waals surface area contributed by atoms with E-state index in [1.807, 2.05) is 0 Å². The highest BCUT2D eigenvalue weighted by Gasteiger charge is 2.43. The van der Waals surface area contributed by atoms with Crippen LogP contribution in [0.5, 0.6) is 0 Å². The van der Waals surface area contributed by atoms with Crippen molar-refractivity contribution in [3.63, 3.8) is 0 Å². The lowest BCUT2D eigenvalue weighted by Crippen LogP contribution is -2.33. The summed E-state index contributed by atoms with van der Waals surface area (Å²) in [5, 5.41) is 14.8. The van der Waals surface area contributed by atoms with Gasteiger partial charge in [-0.1, -0.05) is 5.21 Å². The zero-order valence-electron chi connectivity index (χ0n) is 15.2. The number of aromatic nitrogens is 3. The van der Waals surface area contributed by atoms with Crippen LogP contribution in [0.15, 0.2) is 41.3 Å². The summed E-state index contributed by atoms with van der Waals surface area (Å²) in [5.74, 6) is -6.02. The minimum Gasteiger partial charge on any atom is -0.266 e. The standard InChI is InChI=1S/C17H7F6N5O3S/c18-9-2-4-13(11(20)6-9)32(30,31)26-16(29)14-15(17(21,22)23)28(27-25-14)12-3-1-8(7-24)5-10(12)19/h1-6H,(H,26,29). The van der Waals surface area contributed by atoms with E-state index in [4.69, 9.17) is 5.26 Å². The van der Waals surface area contributed by atoms with Crippen LogP contribution in [0.25, 0.3) is 5.69 Å². The lowest BCUT2D eigenvalue weighted by Gasteiger charge is -2.12. The van der Waals surface area contributed by atoms with Gasteiger partial charge in [0.1, 0.15) is 28.0 Å². The maximum Gasteiger partial charge on any atom is 0.435 e. The van der Waals surface area contributed by atoms with Crippen LogP contribution in [0.1, 0.15) is 21.7 Å². The molecule has 1 amide bonds. The van der Waals surface area contributed by atoms with Crippen LogP contribution >= 0.6 is 0 Å². The first-order chi connectivity index (χ1) is 14.8. The van der Waals surface area contributed by atoms with Crippen LogP contribution in [-0.4, -0.2) is 29.3 Å². The average Bonchev–Trinajstić information content (AvgIpc) is 3.12. The highest BCUT2D eigenvalue weighted by atomic mass is 32.2. The number of carbonyl (C=O) groups is 1. The number of sulfonamides is 1. The number of nitrogens with zero attached hydrogens (tertiary/aromatic N) is 4. The molecule has 1 heterocycles. The van der Waals surface area contributed by atoms with Crippen LogP contribution in [0.2, 0.25) is 0 Å². The van der Waals surface area contributed by atoms with Gasteiger partial charge in [-0.25, -0.2) is 31.0 Å². The van der Waals surface area contributed by atoms with Gasteiger partial charge in [0.05, 0.1) is 11.6 Å². The Kier molecular flexibility index (Phi) is 5.66.